The quantitative estimate of drug-likeness (QED) is 0.311. The Hall–Kier alpha value is -3.54. The van der Waals surface area contributed by atoms with Crippen LogP contribution in [0, 0.1) is 5.41 Å². The minimum absolute atomic E-state index is 0.0222. The molecule has 2 aliphatic rings. The van der Waals surface area contributed by atoms with Crippen molar-refractivity contribution < 1.29 is 4.79 Å². The number of benzene rings is 3. The fourth-order valence-electron chi connectivity index (χ4n) is 6.71. The summed E-state index contributed by atoms with van der Waals surface area (Å²) in [5.41, 5.74) is 6.11. The first kappa shape index (κ1) is 25.7. The van der Waals surface area contributed by atoms with Crippen molar-refractivity contribution >= 4 is 16.8 Å². The number of hydrogen-bond acceptors (Lipinski definition) is 4. The van der Waals surface area contributed by atoms with Gasteiger partial charge in [0.15, 0.2) is 0 Å². The summed E-state index contributed by atoms with van der Waals surface area (Å²) in [7, 11) is 2.23. The minimum atomic E-state index is -0.0530. The van der Waals surface area contributed by atoms with Crippen molar-refractivity contribution in [2.45, 2.75) is 38.8 Å². The molecule has 2 fully saturated rings. The van der Waals surface area contributed by atoms with Gasteiger partial charge in [-0.3, -0.25) is 9.69 Å². The third-order valence-electron chi connectivity index (χ3n) is 8.71. The average molecular weight is 519 g/mol. The van der Waals surface area contributed by atoms with Crippen LogP contribution in [0.25, 0.3) is 22.2 Å². The van der Waals surface area contributed by atoms with Crippen molar-refractivity contribution in [3.05, 3.63) is 102 Å². The first-order chi connectivity index (χ1) is 19.0. The molecule has 1 amide bonds. The van der Waals surface area contributed by atoms with Gasteiger partial charge in [-0.15, -0.1) is 0 Å². The van der Waals surface area contributed by atoms with E-state index in [0.29, 0.717) is 5.41 Å². The third-order valence-corrected chi connectivity index (χ3v) is 8.71. The average Bonchev–Trinajstić information content (AvgIpc) is 3.55. The Morgan fingerprint density at radius 2 is 1.62 bits per heavy atom. The zero-order valence-corrected chi connectivity index (χ0v) is 23.1. The van der Waals surface area contributed by atoms with Crippen LogP contribution in [0.2, 0.25) is 0 Å². The molecule has 3 aromatic carbocycles. The molecule has 0 aliphatic carbocycles. The number of carbonyl (C=O) groups excluding carboxylic acids is 1. The molecule has 200 valence electrons. The van der Waals surface area contributed by atoms with Crippen LogP contribution in [0.3, 0.4) is 0 Å². The molecule has 4 aromatic rings. The van der Waals surface area contributed by atoms with Gasteiger partial charge in [-0.25, -0.2) is 4.98 Å². The van der Waals surface area contributed by atoms with Crippen LogP contribution in [0.5, 0.6) is 0 Å². The number of pyridine rings is 1. The van der Waals surface area contributed by atoms with Gasteiger partial charge in [-0.05, 0) is 56.4 Å². The molecule has 1 spiro atoms. The van der Waals surface area contributed by atoms with Gasteiger partial charge in [0.1, 0.15) is 0 Å². The summed E-state index contributed by atoms with van der Waals surface area (Å²) in [6.45, 7) is 7.30. The predicted molar refractivity (Wildman–Crippen MR) is 159 cm³/mol. The van der Waals surface area contributed by atoms with E-state index in [1.165, 1.54) is 19.4 Å². The number of amides is 1. The van der Waals surface area contributed by atoms with E-state index in [0.717, 1.165) is 71.5 Å². The fourth-order valence-corrected chi connectivity index (χ4v) is 6.71. The van der Waals surface area contributed by atoms with E-state index in [4.69, 9.17) is 4.98 Å². The maximum atomic E-state index is 14.3. The first-order valence-corrected chi connectivity index (χ1v) is 14.3. The van der Waals surface area contributed by atoms with Crippen LogP contribution in [0.15, 0.2) is 84.9 Å². The third kappa shape index (κ3) is 5.21. The fraction of sp³-hybridized carbons (Fsp3) is 0.353. The predicted octanol–water partition coefficient (Wildman–Crippen LogP) is 6.31. The highest BCUT2D eigenvalue weighted by atomic mass is 16.1. The Morgan fingerprint density at radius 1 is 0.923 bits per heavy atom. The molecule has 1 unspecified atom stereocenters. The van der Waals surface area contributed by atoms with Crippen molar-refractivity contribution in [1.29, 1.82) is 0 Å². The van der Waals surface area contributed by atoms with Crippen LogP contribution in [0.1, 0.15) is 53.7 Å². The lowest BCUT2D eigenvalue weighted by Gasteiger charge is -2.26. The second-order valence-electron chi connectivity index (χ2n) is 11.5. The molecule has 1 aromatic heterocycles. The largest absolute Gasteiger partial charge is 0.345 e. The Labute approximate surface area is 231 Å². The van der Waals surface area contributed by atoms with Gasteiger partial charge in [-0.2, -0.15) is 0 Å². The second-order valence-corrected chi connectivity index (χ2v) is 11.5. The molecular formula is C34H38N4O. The number of likely N-dealkylation sites (tertiary alicyclic amines) is 2. The molecule has 5 nitrogen and oxygen atoms in total. The Morgan fingerprint density at radius 3 is 2.33 bits per heavy atom. The van der Waals surface area contributed by atoms with Crippen LogP contribution >= 0.6 is 0 Å². The van der Waals surface area contributed by atoms with Crippen molar-refractivity contribution in [3.8, 4) is 11.3 Å². The molecule has 39 heavy (non-hydrogen) atoms. The summed E-state index contributed by atoms with van der Waals surface area (Å²) < 4.78 is 0. The lowest BCUT2D eigenvalue weighted by Crippen LogP contribution is -2.32. The monoisotopic (exact) mass is 518 g/mol. The van der Waals surface area contributed by atoms with Gasteiger partial charge >= 0.3 is 0 Å². The molecule has 0 saturated carbocycles. The Bertz CT molecular complexity index is 1450. The number of aromatic nitrogens is 1. The zero-order chi connectivity index (χ0) is 26.8. The zero-order valence-electron chi connectivity index (χ0n) is 23.1. The van der Waals surface area contributed by atoms with Gasteiger partial charge in [0.25, 0.3) is 5.91 Å². The molecule has 1 N–H and O–H groups in total. The number of para-hydroxylation sites is 1. The minimum Gasteiger partial charge on any atom is -0.345 e. The summed E-state index contributed by atoms with van der Waals surface area (Å²) in [6, 6.07) is 28.7. The van der Waals surface area contributed by atoms with Crippen molar-refractivity contribution in [1.82, 2.24) is 20.1 Å². The van der Waals surface area contributed by atoms with Gasteiger partial charge < -0.3 is 10.2 Å². The second kappa shape index (κ2) is 10.9. The van der Waals surface area contributed by atoms with Crippen molar-refractivity contribution in [2.75, 3.05) is 33.2 Å². The van der Waals surface area contributed by atoms with Crippen LogP contribution in [-0.4, -0.2) is 53.9 Å². The molecular weight excluding hydrogens is 480 g/mol. The van der Waals surface area contributed by atoms with Crippen LogP contribution in [-0.2, 0) is 6.54 Å². The van der Waals surface area contributed by atoms with E-state index < -0.39 is 0 Å². The van der Waals surface area contributed by atoms with E-state index in [9.17, 15) is 4.79 Å². The highest BCUT2D eigenvalue weighted by molar-refractivity contribution is 6.09. The van der Waals surface area contributed by atoms with Gasteiger partial charge in [0.05, 0.1) is 22.8 Å². The number of hydrogen-bond donors (Lipinski definition) is 1. The highest BCUT2D eigenvalue weighted by Crippen LogP contribution is 2.41. The SMILES string of the molecule is CC[C@H](NC(=O)c1c(CN2CCC3(CCN(C)C3)C2)c(-c2ccccc2)nc2ccccc12)c1ccccc1. The maximum Gasteiger partial charge on any atom is 0.252 e. The van der Waals surface area contributed by atoms with E-state index in [2.05, 4.69) is 71.6 Å². The lowest BCUT2D eigenvalue weighted by molar-refractivity contribution is 0.0935. The maximum absolute atomic E-state index is 14.3. The molecule has 6 rings (SSSR count). The Kier molecular flexibility index (Phi) is 7.20. The molecule has 2 aliphatic heterocycles. The topological polar surface area (TPSA) is 48.5 Å². The van der Waals surface area contributed by atoms with E-state index in [1.54, 1.807) is 0 Å². The smallest absolute Gasteiger partial charge is 0.252 e. The first-order valence-electron chi connectivity index (χ1n) is 14.3. The van der Waals surface area contributed by atoms with Crippen LogP contribution in [0.4, 0.5) is 0 Å². The summed E-state index contributed by atoms with van der Waals surface area (Å²) in [5.74, 6) is -0.0222. The van der Waals surface area contributed by atoms with Gasteiger partial charge in [0.2, 0.25) is 0 Å². The van der Waals surface area contributed by atoms with Gasteiger partial charge in [0, 0.05) is 36.1 Å². The number of nitrogens with one attached hydrogen (secondary N) is 1. The molecule has 5 heteroatoms. The van der Waals surface area contributed by atoms with E-state index in [-0.39, 0.29) is 11.9 Å². The van der Waals surface area contributed by atoms with Crippen molar-refractivity contribution in [2.24, 2.45) is 5.41 Å². The molecule has 3 heterocycles. The summed E-state index contributed by atoms with van der Waals surface area (Å²) >= 11 is 0. The molecule has 0 bridgehead atoms. The normalized spacial score (nSPS) is 20.6. The molecule has 2 atom stereocenters. The number of carbonyl (C=O) groups is 1. The van der Waals surface area contributed by atoms with Crippen LogP contribution < -0.4 is 5.32 Å². The highest BCUT2D eigenvalue weighted by Gasteiger charge is 2.42. The standard InChI is InChI=1S/C34H38N4O/c1-3-29(25-12-6-4-7-13-25)36-33(39)31-27-16-10-11-17-30(27)35-32(26-14-8-5-9-15-26)28(31)22-38-21-19-34(24-38)18-20-37(2)23-34/h4-17,29H,3,18-24H2,1-2H3,(H,36,39)/t29-,34?/m0/s1. The number of nitrogens with zero attached hydrogens (tertiary/aromatic N) is 3. The van der Waals surface area contributed by atoms with Crippen molar-refractivity contribution in [3.63, 3.8) is 0 Å². The molecule has 0 radical (unpaired) electrons. The summed E-state index contributed by atoms with van der Waals surface area (Å²) in [5, 5.41) is 4.32. The number of rotatable bonds is 7. The lowest BCUT2D eigenvalue weighted by atomic mass is 9.86. The molecule has 2 saturated heterocycles. The Balaban J connectivity index is 1.44. The number of fused-ring (bicyclic) bond motifs is 1. The van der Waals surface area contributed by atoms with E-state index >= 15 is 0 Å². The van der Waals surface area contributed by atoms with Gasteiger partial charge in [-0.1, -0.05) is 85.8 Å². The van der Waals surface area contributed by atoms with E-state index in [1.807, 2.05) is 42.5 Å². The summed E-state index contributed by atoms with van der Waals surface area (Å²) in [6.07, 6.45) is 3.29. The summed E-state index contributed by atoms with van der Waals surface area (Å²) in [4.78, 5) is 24.5.